The van der Waals surface area contributed by atoms with Gasteiger partial charge in [0.25, 0.3) is 11.8 Å². The van der Waals surface area contributed by atoms with E-state index in [-0.39, 0.29) is 23.9 Å². The minimum Gasteiger partial charge on any atom is -0.343 e. The largest absolute Gasteiger partial charge is 0.343 e. The third-order valence-corrected chi connectivity index (χ3v) is 4.10. The molecule has 2 aliphatic heterocycles. The lowest BCUT2D eigenvalue weighted by atomic mass is 10.2. The van der Waals surface area contributed by atoms with Crippen LogP contribution in [-0.4, -0.2) is 23.9 Å². The zero-order valence-electron chi connectivity index (χ0n) is 11.6. The Morgan fingerprint density at radius 2 is 1.33 bits per heavy atom. The monoisotopic (exact) mass is 278 g/mol. The van der Waals surface area contributed by atoms with Crippen molar-refractivity contribution in [3.63, 3.8) is 0 Å². The quantitative estimate of drug-likeness (QED) is 0.624. The molecule has 0 spiro atoms. The fraction of sp³-hybridized carbons (Fsp3) is 0.176. The molecule has 0 radical (unpaired) electrons. The van der Waals surface area contributed by atoms with Gasteiger partial charge in [-0.05, 0) is 31.2 Å². The third-order valence-electron chi connectivity index (χ3n) is 4.10. The van der Waals surface area contributed by atoms with Crippen molar-refractivity contribution >= 4 is 23.2 Å². The number of carbonyl (C=O) groups is 2. The summed E-state index contributed by atoms with van der Waals surface area (Å²) in [6.07, 6.45) is 0. The summed E-state index contributed by atoms with van der Waals surface area (Å²) in [5, 5.41) is 0. The molecule has 4 heteroatoms. The van der Waals surface area contributed by atoms with Crippen LogP contribution in [0.2, 0.25) is 0 Å². The molecule has 0 aliphatic carbocycles. The predicted octanol–water partition coefficient (Wildman–Crippen LogP) is 2.13. The minimum atomic E-state index is -0.333. The zero-order chi connectivity index (χ0) is 14.6. The number of piperazine rings is 1. The molecule has 2 fully saturated rings. The number of fused-ring (bicyclic) bond motifs is 1. The molecule has 2 atom stereocenters. The molecule has 2 unspecified atom stereocenters. The van der Waals surface area contributed by atoms with E-state index in [1.165, 1.54) is 4.90 Å². The summed E-state index contributed by atoms with van der Waals surface area (Å²) in [7, 11) is 0. The van der Waals surface area contributed by atoms with Crippen molar-refractivity contribution in [3.05, 3.63) is 60.2 Å². The normalized spacial score (nSPS) is 23.5. The van der Waals surface area contributed by atoms with Crippen molar-refractivity contribution in [1.29, 1.82) is 0 Å². The molecular formula is C17H14N2O2. The van der Waals surface area contributed by atoms with Crippen molar-refractivity contribution in [1.82, 2.24) is 0 Å². The summed E-state index contributed by atoms with van der Waals surface area (Å²) in [6.45, 7) is 2.01. The van der Waals surface area contributed by atoms with Crippen LogP contribution >= 0.6 is 0 Å². The van der Waals surface area contributed by atoms with Crippen LogP contribution in [0, 0.1) is 6.92 Å². The van der Waals surface area contributed by atoms with Gasteiger partial charge in [-0.3, -0.25) is 9.59 Å². The van der Waals surface area contributed by atoms with Crippen LogP contribution < -0.4 is 9.80 Å². The summed E-state index contributed by atoms with van der Waals surface area (Å²) in [6, 6.07) is 16.3. The van der Waals surface area contributed by atoms with Crippen molar-refractivity contribution < 1.29 is 9.59 Å². The highest BCUT2D eigenvalue weighted by atomic mass is 16.2. The Hall–Kier alpha value is -2.62. The number of aryl methyl sites for hydroxylation is 1. The molecule has 0 N–H and O–H groups in total. The number of imide groups is 1. The number of hydrogen-bond acceptors (Lipinski definition) is 3. The fourth-order valence-electron chi connectivity index (χ4n) is 2.98. The second-order valence-electron chi connectivity index (χ2n) is 5.48. The smallest absolute Gasteiger partial charge is 0.259 e. The Morgan fingerprint density at radius 3 is 1.90 bits per heavy atom. The maximum atomic E-state index is 12.5. The lowest BCUT2D eigenvalue weighted by Gasteiger charge is -2.20. The predicted molar refractivity (Wildman–Crippen MR) is 80.2 cm³/mol. The summed E-state index contributed by atoms with van der Waals surface area (Å²) >= 11 is 0. The Kier molecular flexibility index (Phi) is 2.42. The van der Waals surface area contributed by atoms with Gasteiger partial charge in [-0.15, -0.1) is 0 Å². The molecule has 2 aromatic carbocycles. The maximum absolute atomic E-state index is 12.5. The minimum absolute atomic E-state index is 0.128. The van der Waals surface area contributed by atoms with Gasteiger partial charge in [-0.25, -0.2) is 4.90 Å². The van der Waals surface area contributed by atoms with E-state index in [1.54, 1.807) is 12.1 Å². The standard InChI is InChI=1S/C17H14N2O2/c1-11-7-9-13(10-8-11)18-14-15(18)17(21)19(16(14)20)12-5-3-2-4-6-12/h2-10,14-15H,1H3. The first-order valence-electron chi connectivity index (χ1n) is 6.96. The van der Waals surface area contributed by atoms with Crippen LogP contribution in [0.15, 0.2) is 54.6 Å². The highest BCUT2D eigenvalue weighted by Gasteiger charge is 2.66. The number of hydrogen-bond donors (Lipinski definition) is 0. The van der Waals surface area contributed by atoms with Gasteiger partial charge >= 0.3 is 0 Å². The van der Waals surface area contributed by atoms with Gasteiger partial charge in [0.15, 0.2) is 0 Å². The van der Waals surface area contributed by atoms with Crippen LogP contribution in [0.1, 0.15) is 5.56 Å². The fourth-order valence-corrected chi connectivity index (χ4v) is 2.98. The van der Waals surface area contributed by atoms with E-state index in [9.17, 15) is 9.59 Å². The van der Waals surface area contributed by atoms with Gasteiger partial charge in [0, 0.05) is 5.69 Å². The Balaban J connectivity index is 1.62. The molecule has 0 bridgehead atoms. The third kappa shape index (κ3) is 1.69. The highest BCUT2D eigenvalue weighted by molar-refractivity contribution is 6.31. The first-order chi connectivity index (χ1) is 10.2. The number of carbonyl (C=O) groups excluding carboxylic acids is 2. The molecule has 2 saturated heterocycles. The summed E-state index contributed by atoms with van der Waals surface area (Å²) < 4.78 is 0. The van der Waals surface area contributed by atoms with Crippen molar-refractivity contribution in [2.24, 2.45) is 0 Å². The molecule has 4 rings (SSSR count). The summed E-state index contributed by atoms with van der Waals surface area (Å²) in [4.78, 5) is 28.1. The molecule has 2 aromatic rings. The maximum Gasteiger partial charge on any atom is 0.259 e. The van der Waals surface area contributed by atoms with Crippen LogP contribution in [0.25, 0.3) is 0 Å². The van der Waals surface area contributed by atoms with E-state index >= 15 is 0 Å². The van der Waals surface area contributed by atoms with Gasteiger partial charge in [0.1, 0.15) is 12.1 Å². The topological polar surface area (TPSA) is 40.4 Å². The van der Waals surface area contributed by atoms with Crippen molar-refractivity contribution in [2.75, 3.05) is 9.80 Å². The Morgan fingerprint density at radius 1 is 0.762 bits per heavy atom. The number of anilines is 2. The van der Waals surface area contributed by atoms with Crippen LogP contribution in [0.5, 0.6) is 0 Å². The molecule has 21 heavy (non-hydrogen) atoms. The van der Waals surface area contributed by atoms with Crippen molar-refractivity contribution in [3.8, 4) is 0 Å². The number of para-hydroxylation sites is 1. The number of rotatable bonds is 2. The van der Waals surface area contributed by atoms with E-state index < -0.39 is 0 Å². The zero-order valence-corrected chi connectivity index (χ0v) is 11.6. The van der Waals surface area contributed by atoms with Crippen LogP contribution in [0.4, 0.5) is 11.4 Å². The van der Waals surface area contributed by atoms with Gasteiger partial charge in [0.05, 0.1) is 5.69 Å². The molecule has 2 heterocycles. The lowest BCUT2D eigenvalue weighted by Crippen LogP contribution is -2.38. The first kappa shape index (κ1) is 12.1. The van der Waals surface area contributed by atoms with E-state index in [2.05, 4.69) is 0 Å². The van der Waals surface area contributed by atoms with Crippen LogP contribution in [-0.2, 0) is 9.59 Å². The van der Waals surface area contributed by atoms with Crippen molar-refractivity contribution in [2.45, 2.75) is 19.0 Å². The molecule has 2 amide bonds. The van der Waals surface area contributed by atoms with Crippen LogP contribution in [0.3, 0.4) is 0 Å². The second-order valence-corrected chi connectivity index (χ2v) is 5.48. The molecule has 0 aromatic heterocycles. The Bertz CT molecular complexity index is 702. The summed E-state index contributed by atoms with van der Waals surface area (Å²) in [5.41, 5.74) is 2.75. The van der Waals surface area contributed by atoms with E-state index in [0.717, 1.165) is 11.3 Å². The van der Waals surface area contributed by atoms with E-state index in [0.29, 0.717) is 5.69 Å². The molecule has 104 valence electrons. The van der Waals surface area contributed by atoms with Gasteiger partial charge < -0.3 is 4.90 Å². The second kappa shape index (κ2) is 4.19. The number of amides is 2. The number of benzene rings is 2. The van der Waals surface area contributed by atoms with Gasteiger partial charge in [-0.2, -0.15) is 0 Å². The Labute approximate surface area is 122 Å². The highest BCUT2D eigenvalue weighted by Crippen LogP contribution is 2.43. The van der Waals surface area contributed by atoms with Gasteiger partial charge in [0.2, 0.25) is 0 Å². The number of nitrogens with zero attached hydrogens (tertiary/aromatic N) is 2. The molecule has 4 nitrogen and oxygen atoms in total. The molecule has 2 aliphatic rings. The average molecular weight is 278 g/mol. The lowest BCUT2D eigenvalue weighted by molar-refractivity contribution is -0.122. The average Bonchev–Trinajstić information content (AvgIpc) is 3.18. The van der Waals surface area contributed by atoms with E-state index in [1.807, 2.05) is 54.3 Å². The van der Waals surface area contributed by atoms with Gasteiger partial charge in [-0.1, -0.05) is 35.9 Å². The summed E-state index contributed by atoms with van der Waals surface area (Å²) in [5.74, 6) is -0.256. The first-order valence-corrected chi connectivity index (χ1v) is 6.96. The molecule has 0 saturated carbocycles. The van der Waals surface area contributed by atoms with E-state index in [4.69, 9.17) is 0 Å². The SMILES string of the molecule is Cc1ccc(N2C3C(=O)N(c4ccccc4)C(=O)C32)cc1. The molecular weight excluding hydrogens is 264 g/mol.